The number of carbonyl (C=O) groups excluding carboxylic acids is 1. The Morgan fingerprint density at radius 1 is 1.35 bits per heavy atom. The first-order valence-corrected chi connectivity index (χ1v) is 6.09. The molecule has 3 rings (SSSR count). The number of hydrogen-bond acceptors (Lipinski definition) is 4. The smallest absolute Gasteiger partial charge is 0.259 e. The summed E-state index contributed by atoms with van der Waals surface area (Å²) in [4.78, 5) is 14.3. The van der Waals surface area contributed by atoms with Crippen LogP contribution in [0.4, 0.5) is 0 Å². The van der Waals surface area contributed by atoms with Crippen molar-refractivity contribution in [3.8, 4) is 0 Å². The molecule has 0 aliphatic carbocycles. The standard InChI is InChI=1S/C12H17N3O2/c1-7-11(8(2)17-14-7)12(16)15-5-9-3-13-4-10(9)6-15/h9-10,13H,3-6H2,1-2H3. The molecule has 1 amide bonds. The summed E-state index contributed by atoms with van der Waals surface area (Å²) >= 11 is 0. The summed E-state index contributed by atoms with van der Waals surface area (Å²) in [6.45, 7) is 7.42. The molecule has 2 saturated heterocycles. The molecule has 0 spiro atoms. The number of likely N-dealkylation sites (tertiary alicyclic amines) is 1. The minimum Gasteiger partial charge on any atom is -0.361 e. The molecule has 2 atom stereocenters. The highest BCUT2D eigenvalue weighted by Gasteiger charge is 2.39. The van der Waals surface area contributed by atoms with Crippen LogP contribution in [0.1, 0.15) is 21.8 Å². The number of nitrogens with zero attached hydrogens (tertiary/aromatic N) is 2. The maximum atomic E-state index is 12.4. The van der Waals surface area contributed by atoms with Crippen LogP contribution < -0.4 is 5.32 Å². The van der Waals surface area contributed by atoms with Crippen LogP contribution in [0.5, 0.6) is 0 Å². The van der Waals surface area contributed by atoms with E-state index in [9.17, 15) is 4.79 Å². The van der Waals surface area contributed by atoms with E-state index in [1.54, 1.807) is 6.92 Å². The fourth-order valence-corrected chi connectivity index (χ4v) is 2.97. The van der Waals surface area contributed by atoms with Gasteiger partial charge in [-0.1, -0.05) is 5.16 Å². The Morgan fingerprint density at radius 2 is 2.00 bits per heavy atom. The minimum absolute atomic E-state index is 0.0793. The average Bonchev–Trinajstić information content (AvgIpc) is 2.92. The average molecular weight is 235 g/mol. The molecule has 2 unspecified atom stereocenters. The third-order valence-electron chi connectivity index (χ3n) is 3.92. The molecule has 1 aromatic rings. The molecule has 0 bridgehead atoms. The lowest BCUT2D eigenvalue weighted by Gasteiger charge is -2.17. The van der Waals surface area contributed by atoms with Crippen LogP contribution in [-0.2, 0) is 0 Å². The van der Waals surface area contributed by atoms with Crippen molar-refractivity contribution < 1.29 is 9.32 Å². The van der Waals surface area contributed by atoms with Gasteiger partial charge in [0.25, 0.3) is 5.91 Å². The summed E-state index contributed by atoms with van der Waals surface area (Å²) in [5.74, 6) is 1.96. The maximum Gasteiger partial charge on any atom is 0.259 e. The first-order chi connectivity index (χ1) is 8.16. The summed E-state index contributed by atoms with van der Waals surface area (Å²) in [6, 6.07) is 0. The van der Waals surface area contributed by atoms with Gasteiger partial charge in [-0.05, 0) is 25.7 Å². The zero-order chi connectivity index (χ0) is 12.0. The number of carbonyl (C=O) groups is 1. The third kappa shape index (κ3) is 1.65. The lowest BCUT2D eigenvalue weighted by Crippen LogP contribution is -2.32. The Morgan fingerprint density at radius 3 is 2.53 bits per heavy atom. The van der Waals surface area contributed by atoms with E-state index in [0.29, 0.717) is 28.9 Å². The van der Waals surface area contributed by atoms with Gasteiger partial charge >= 0.3 is 0 Å². The second-order valence-electron chi connectivity index (χ2n) is 5.09. The Bertz CT molecular complexity index is 423. The highest BCUT2D eigenvalue weighted by Crippen LogP contribution is 2.28. The van der Waals surface area contributed by atoms with Crippen LogP contribution in [-0.4, -0.2) is 42.1 Å². The fraction of sp³-hybridized carbons (Fsp3) is 0.667. The van der Waals surface area contributed by atoms with Crippen LogP contribution in [0.3, 0.4) is 0 Å². The van der Waals surface area contributed by atoms with Crippen LogP contribution in [0.15, 0.2) is 4.52 Å². The molecular formula is C12H17N3O2. The lowest BCUT2D eigenvalue weighted by atomic mass is 10.0. The Hall–Kier alpha value is -1.36. The first-order valence-electron chi connectivity index (χ1n) is 6.09. The van der Waals surface area contributed by atoms with Gasteiger partial charge < -0.3 is 14.7 Å². The zero-order valence-electron chi connectivity index (χ0n) is 10.2. The molecule has 92 valence electrons. The maximum absolute atomic E-state index is 12.4. The van der Waals surface area contributed by atoms with E-state index in [0.717, 1.165) is 26.2 Å². The van der Waals surface area contributed by atoms with E-state index in [1.807, 2.05) is 11.8 Å². The highest BCUT2D eigenvalue weighted by atomic mass is 16.5. The molecule has 5 heteroatoms. The van der Waals surface area contributed by atoms with Gasteiger partial charge in [-0.3, -0.25) is 4.79 Å². The number of aryl methyl sites for hydroxylation is 2. The summed E-state index contributed by atoms with van der Waals surface area (Å²) < 4.78 is 5.06. The number of fused-ring (bicyclic) bond motifs is 1. The predicted octanol–water partition coefficient (Wildman–Crippen LogP) is 0.583. The van der Waals surface area contributed by atoms with E-state index in [4.69, 9.17) is 4.52 Å². The molecule has 2 fully saturated rings. The van der Waals surface area contributed by atoms with Gasteiger partial charge in [-0.15, -0.1) is 0 Å². The Balaban J connectivity index is 1.80. The van der Waals surface area contributed by atoms with Gasteiger partial charge in [0.15, 0.2) is 0 Å². The van der Waals surface area contributed by atoms with Crippen molar-refractivity contribution >= 4 is 5.91 Å². The van der Waals surface area contributed by atoms with E-state index in [1.165, 1.54) is 0 Å². The van der Waals surface area contributed by atoms with Gasteiger partial charge in [0.1, 0.15) is 11.3 Å². The van der Waals surface area contributed by atoms with Gasteiger partial charge in [0.2, 0.25) is 0 Å². The normalized spacial score (nSPS) is 27.5. The van der Waals surface area contributed by atoms with Gasteiger partial charge in [0, 0.05) is 26.2 Å². The Kier molecular flexibility index (Phi) is 2.43. The minimum atomic E-state index is 0.0793. The van der Waals surface area contributed by atoms with Crippen molar-refractivity contribution in [3.05, 3.63) is 17.0 Å². The second-order valence-corrected chi connectivity index (χ2v) is 5.09. The SMILES string of the molecule is Cc1noc(C)c1C(=O)N1CC2CNCC2C1. The first kappa shape index (κ1) is 10.8. The van der Waals surface area contributed by atoms with Crippen molar-refractivity contribution in [2.45, 2.75) is 13.8 Å². The highest BCUT2D eigenvalue weighted by molar-refractivity contribution is 5.96. The van der Waals surface area contributed by atoms with Crippen LogP contribution >= 0.6 is 0 Å². The number of rotatable bonds is 1. The molecule has 1 aromatic heterocycles. The van der Waals surface area contributed by atoms with Crippen LogP contribution in [0.25, 0.3) is 0 Å². The molecule has 0 radical (unpaired) electrons. The lowest BCUT2D eigenvalue weighted by molar-refractivity contribution is 0.0779. The quantitative estimate of drug-likeness (QED) is 0.773. The van der Waals surface area contributed by atoms with Gasteiger partial charge in [0.05, 0.1) is 5.69 Å². The molecule has 2 aliphatic heterocycles. The van der Waals surface area contributed by atoms with Crippen LogP contribution in [0.2, 0.25) is 0 Å². The number of nitrogens with one attached hydrogen (secondary N) is 1. The molecule has 3 heterocycles. The largest absolute Gasteiger partial charge is 0.361 e. The molecule has 5 nitrogen and oxygen atoms in total. The number of hydrogen-bond donors (Lipinski definition) is 1. The number of amides is 1. The number of aromatic nitrogens is 1. The van der Waals surface area contributed by atoms with E-state index >= 15 is 0 Å². The fourth-order valence-electron chi connectivity index (χ4n) is 2.97. The van der Waals surface area contributed by atoms with Crippen molar-refractivity contribution in [1.29, 1.82) is 0 Å². The molecular weight excluding hydrogens is 218 g/mol. The van der Waals surface area contributed by atoms with E-state index < -0.39 is 0 Å². The molecule has 0 aromatic carbocycles. The third-order valence-corrected chi connectivity index (χ3v) is 3.92. The Labute approximate surface area is 100 Å². The molecule has 0 saturated carbocycles. The summed E-state index contributed by atoms with van der Waals surface area (Å²) in [7, 11) is 0. The monoisotopic (exact) mass is 235 g/mol. The molecule has 2 aliphatic rings. The zero-order valence-corrected chi connectivity index (χ0v) is 10.2. The molecule has 1 N–H and O–H groups in total. The van der Waals surface area contributed by atoms with Gasteiger partial charge in [-0.25, -0.2) is 0 Å². The van der Waals surface area contributed by atoms with Crippen LogP contribution in [0, 0.1) is 25.7 Å². The second kappa shape index (κ2) is 3.84. The van der Waals surface area contributed by atoms with Gasteiger partial charge in [-0.2, -0.15) is 0 Å². The molecule has 17 heavy (non-hydrogen) atoms. The summed E-state index contributed by atoms with van der Waals surface area (Å²) in [5.41, 5.74) is 1.35. The topological polar surface area (TPSA) is 58.4 Å². The predicted molar refractivity (Wildman–Crippen MR) is 61.7 cm³/mol. The van der Waals surface area contributed by atoms with Crippen molar-refractivity contribution in [1.82, 2.24) is 15.4 Å². The van der Waals surface area contributed by atoms with Crippen molar-refractivity contribution in [3.63, 3.8) is 0 Å². The summed E-state index contributed by atoms with van der Waals surface area (Å²) in [5, 5.41) is 7.22. The summed E-state index contributed by atoms with van der Waals surface area (Å²) in [6.07, 6.45) is 0. The van der Waals surface area contributed by atoms with Crippen molar-refractivity contribution in [2.24, 2.45) is 11.8 Å². The van der Waals surface area contributed by atoms with E-state index in [2.05, 4.69) is 10.5 Å². The van der Waals surface area contributed by atoms with Crippen molar-refractivity contribution in [2.75, 3.05) is 26.2 Å². The van der Waals surface area contributed by atoms with E-state index in [-0.39, 0.29) is 5.91 Å².